The van der Waals surface area contributed by atoms with Gasteiger partial charge in [0.25, 0.3) is 0 Å². The molecule has 0 aliphatic heterocycles. The topological polar surface area (TPSA) is 65.3 Å². The highest BCUT2D eigenvalue weighted by atomic mass is 16.6. The Morgan fingerprint density at radius 1 is 1.12 bits per heavy atom. The van der Waals surface area contributed by atoms with Crippen LogP contribution in [0.4, 0.5) is 5.82 Å². The van der Waals surface area contributed by atoms with Crippen LogP contribution in [0, 0.1) is 10.1 Å². The molecule has 0 aliphatic carbocycles. The van der Waals surface area contributed by atoms with Crippen molar-refractivity contribution < 1.29 is 9.66 Å². The number of nitro groups is 1. The summed E-state index contributed by atoms with van der Waals surface area (Å²) in [5, 5.41) is 10.7. The second kappa shape index (κ2) is 4.39. The molecule has 80 valence electrons. The summed E-state index contributed by atoms with van der Waals surface area (Å²) in [5.41, 5.74) is 0. The van der Waals surface area contributed by atoms with Crippen LogP contribution in [0.3, 0.4) is 0 Å². The third-order valence-electron chi connectivity index (χ3n) is 1.89. The van der Waals surface area contributed by atoms with Gasteiger partial charge in [-0.25, -0.2) is 0 Å². The monoisotopic (exact) mass is 216 g/mol. The number of para-hydroxylation sites is 1. The average molecular weight is 216 g/mol. The Hall–Kier alpha value is -2.43. The Kier molecular flexibility index (Phi) is 2.77. The summed E-state index contributed by atoms with van der Waals surface area (Å²) in [5.74, 6) is 0.392. The molecule has 0 aliphatic rings. The molecule has 0 bridgehead atoms. The maximum atomic E-state index is 10.7. The van der Waals surface area contributed by atoms with E-state index >= 15 is 0 Å². The van der Waals surface area contributed by atoms with E-state index in [1.54, 1.807) is 30.3 Å². The van der Waals surface area contributed by atoms with Crippen molar-refractivity contribution in [3.05, 3.63) is 58.8 Å². The van der Waals surface area contributed by atoms with Gasteiger partial charge in [0.05, 0.1) is 0 Å². The van der Waals surface area contributed by atoms with Crippen LogP contribution in [0.15, 0.2) is 48.7 Å². The van der Waals surface area contributed by atoms with Gasteiger partial charge in [0, 0.05) is 0 Å². The molecule has 2 rings (SSSR count). The van der Waals surface area contributed by atoms with Gasteiger partial charge in [0.1, 0.15) is 11.9 Å². The van der Waals surface area contributed by atoms with Crippen LogP contribution in [0.5, 0.6) is 11.5 Å². The Morgan fingerprint density at radius 2 is 1.88 bits per heavy atom. The molecule has 5 nitrogen and oxygen atoms in total. The predicted molar refractivity (Wildman–Crippen MR) is 57.4 cm³/mol. The van der Waals surface area contributed by atoms with Crippen LogP contribution in [0.25, 0.3) is 0 Å². The molecular weight excluding hydrogens is 208 g/mol. The molecule has 0 amide bonds. The molecule has 2 aromatic rings. The minimum Gasteiger partial charge on any atom is -0.448 e. The van der Waals surface area contributed by atoms with Gasteiger partial charge in [0.2, 0.25) is 5.75 Å². The second-order valence-corrected chi connectivity index (χ2v) is 3.00. The van der Waals surface area contributed by atoms with E-state index in [9.17, 15) is 10.1 Å². The molecule has 0 atom stereocenters. The number of nitrogens with zero attached hydrogens (tertiary/aromatic N) is 2. The van der Waals surface area contributed by atoms with Gasteiger partial charge in [-0.1, -0.05) is 18.2 Å². The van der Waals surface area contributed by atoms with E-state index in [2.05, 4.69) is 4.98 Å². The van der Waals surface area contributed by atoms with Crippen LogP contribution >= 0.6 is 0 Å². The van der Waals surface area contributed by atoms with Gasteiger partial charge in [-0.05, 0) is 34.2 Å². The number of hydrogen-bond acceptors (Lipinski definition) is 4. The molecule has 0 spiro atoms. The number of rotatable bonds is 3. The highest BCUT2D eigenvalue weighted by Gasteiger charge is 2.15. The van der Waals surface area contributed by atoms with Gasteiger partial charge in [-0.2, -0.15) is 0 Å². The minimum atomic E-state index is -0.571. The molecule has 0 N–H and O–H groups in total. The average Bonchev–Trinajstić information content (AvgIpc) is 2.31. The van der Waals surface area contributed by atoms with Crippen molar-refractivity contribution >= 4 is 5.82 Å². The smallest absolute Gasteiger partial charge is 0.406 e. The first-order chi connectivity index (χ1) is 7.77. The molecule has 0 saturated carbocycles. The van der Waals surface area contributed by atoms with E-state index in [0.717, 1.165) is 0 Å². The van der Waals surface area contributed by atoms with Crippen LogP contribution < -0.4 is 4.74 Å². The number of aromatic nitrogens is 1. The number of hydrogen-bond donors (Lipinski definition) is 0. The Labute approximate surface area is 91.5 Å². The van der Waals surface area contributed by atoms with Crippen LogP contribution in [0.1, 0.15) is 0 Å². The second-order valence-electron chi connectivity index (χ2n) is 3.00. The third-order valence-corrected chi connectivity index (χ3v) is 1.89. The summed E-state index contributed by atoms with van der Waals surface area (Å²) in [6.45, 7) is 0. The van der Waals surface area contributed by atoms with Gasteiger partial charge in [-0.3, -0.25) is 0 Å². The highest BCUT2D eigenvalue weighted by Crippen LogP contribution is 2.28. The summed E-state index contributed by atoms with van der Waals surface area (Å²) >= 11 is 0. The quantitative estimate of drug-likeness (QED) is 0.584. The maximum absolute atomic E-state index is 10.7. The molecule has 1 aromatic carbocycles. The Bertz CT molecular complexity index is 500. The summed E-state index contributed by atoms with van der Waals surface area (Å²) in [4.78, 5) is 13.8. The first-order valence-corrected chi connectivity index (χ1v) is 4.59. The fourth-order valence-electron chi connectivity index (χ4n) is 1.21. The van der Waals surface area contributed by atoms with Crippen molar-refractivity contribution in [1.82, 2.24) is 4.98 Å². The normalized spacial score (nSPS) is 9.75. The van der Waals surface area contributed by atoms with Crippen molar-refractivity contribution in [1.29, 1.82) is 0 Å². The molecule has 0 radical (unpaired) electrons. The van der Waals surface area contributed by atoms with Gasteiger partial charge < -0.3 is 14.9 Å². The SMILES string of the molecule is O=[N+]([O-])c1ncccc1Oc1ccccc1. The lowest BCUT2D eigenvalue weighted by atomic mass is 10.3. The maximum Gasteiger partial charge on any atom is 0.406 e. The molecule has 1 heterocycles. The summed E-state index contributed by atoms with van der Waals surface area (Å²) in [6.07, 6.45) is 1.36. The largest absolute Gasteiger partial charge is 0.448 e. The van der Waals surface area contributed by atoms with Gasteiger partial charge in [0.15, 0.2) is 0 Å². The van der Waals surface area contributed by atoms with E-state index in [-0.39, 0.29) is 11.6 Å². The lowest BCUT2D eigenvalue weighted by molar-refractivity contribution is -0.390. The van der Waals surface area contributed by atoms with Crippen molar-refractivity contribution in [2.75, 3.05) is 0 Å². The number of benzene rings is 1. The fraction of sp³-hybridized carbons (Fsp3) is 0. The van der Waals surface area contributed by atoms with E-state index in [1.165, 1.54) is 12.3 Å². The Morgan fingerprint density at radius 3 is 2.56 bits per heavy atom. The zero-order chi connectivity index (χ0) is 11.4. The van der Waals surface area contributed by atoms with E-state index in [4.69, 9.17) is 4.74 Å². The molecule has 16 heavy (non-hydrogen) atoms. The van der Waals surface area contributed by atoms with Crippen LogP contribution in [-0.2, 0) is 0 Å². The van der Waals surface area contributed by atoms with Crippen LogP contribution in [0.2, 0.25) is 0 Å². The molecule has 0 saturated heterocycles. The number of pyridine rings is 1. The van der Waals surface area contributed by atoms with Gasteiger partial charge >= 0.3 is 5.82 Å². The first-order valence-electron chi connectivity index (χ1n) is 4.59. The molecular formula is C11H8N2O3. The lowest BCUT2D eigenvalue weighted by Gasteiger charge is -2.04. The molecule has 1 aromatic heterocycles. The zero-order valence-corrected chi connectivity index (χ0v) is 8.24. The molecule has 0 fully saturated rings. The zero-order valence-electron chi connectivity index (χ0n) is 8.24. The van der Waals surface area contributed by atoms with E-state index in [1.807, 2.05) is 6.07 Å². The van der Waals surface area contributed by atoms with Gasteiger partial charge in [-0.15, -0.1) is 0 Å². The lowest BCUT2D eigenvalue weighted by Crippen LogP contribution is -1.95. The van der Waals surface area contributed by atoms with Crippen molar-refractivity contribution in [3.8, 4) is 11.5 Å². The van der Waals surface area contributed by atoms with Crippen molar-refractivity contribution in [3.63, 3.8) is 0 Å². The van der Waals surface area contributed by atoms with E-state index < -0.39 is 4.92 Å². The summed E-state index contributed by atoms with van der Waals surface area (Å²) < 4.78 is 5.37. The van der Waals surface area contributed by atoms with Crippen LogP contribution in [-0.4, -0.2) is 9.91 Å². The van der Waals surface area contributed by atoms with E-state index in [0.29, 0.717) is 5.75 Å². The molecule has 5 heteroatoms. The third kappa shape index (κ3) is 2.14. The predicted octanol–water partition coefficient (Wildman–Crippen LogP) is 2.78. The molecule has 0 unspecified atom stereocenters. The standard InChI is InChI=1S/C11H8N2O3/c14-13(15)11-10(7-4-8-12-11)16-9-5-2-1-3-6-9/h1-8H. The fourth-order valence-corrected chi connectivity index (χ4v) is 1.21. The highest BCUT2D eigenvalue weighted by molar-refractivity contribution is 5.41. The van der Waals surface area contributed by atoms with Crippen molar-refractivity contribution in [2.45, 2.75) is 0 Å². The first kappa shape index (κ1) is 10.1. The minimum absolute atomic E-state index is 0.138. The summed E-state index contributed by atoms with van der Waals surface area (Å²) in [7, 11) is 0. The summed E-state index contributed by atoms with van der Waals surface area (Å²) in [6, 6.07) is 12.0. The van der Waals surface area contributed by atoms with Crippen molar-refractivity contribution in [2.24, 2.45) is 0 Å². The Balaban J connectivity index is 2.31. The number of ether oxygens (including phenoxy) is 1.